The maximum atomic E-state index is 11.7. The number of carbonyl (C=O) groups is 1. The molecule has 0 aliphatic heterocycles. The van der Waals surface area contributed by atoms with E-state index in [1.165, 1.54) is 0 Å². The van der Waals surface area contributed by atoms with Gasteiger partial charge in [-0.25, -0.2) is 0 Å². The normalized spacial score (nSPS) is 12.2. The molecule has 0 aliphatic rings. The molecule has 1 atom stereocenters. The van der Waals surface area contributed by atoms with E-state index in [1.54, 1.807) is 0 Å². The fourth-order valence-electron chi connectivity index (χ4n) is 1.40. The van der Waals surface area contributed by atoms with Gasteiger partial charge in [-0.3, -0.25) is 4.79 Å². The molecule has 0 spiro atoms. The SMILES string of the molecule is CCC[C@H](N)C(=O)Nc1ccc(Br)c(C)c1. The number of hydrogen-bond acceptors (Lipinski definition) is 2. The molecule has 1 aromatic rings. The molecule has 0 saturated heterocycles. The summed E-state index contributed by atoms with van der Waals surface area (Å²) in [6, 6.07) is 5.26. The van der Waals surface area contributed by atoms with Crippen LogP contribution in [0.25, 0.3) is 0 Å². The predicted molar refractivity (Wildman–Crippen MR) is 70.4 cm³/mol. The number of nitrogens with one attached hydrogen (secondary N) is 1. The van der Waals surface area contributed by atoms with E-state index in [9.17, 15) is 4.79 Å². The molecule has 0 bridgehead atoms. The zero-order valence-electron chi connectivity index (χ0n) is 9.59. The monoisotopic (exact) mass is 284 g/mol. The summed E-state index contributed by atoms with van der Waals surface area (Å²) in [6.45, 7) is 3.99. The summed E-state index contributed by atoms with van der Waals surface area (Å²) in [5.41, 5.74) is 7.60. The third-order valence-corrected chi connectivity index (χ3v) is 3.25. The number of amides is 1. The Morgan fingerprint density at radius 1 is 1.56 bits per heavy atom. The molecule has 1 rings (SSSR count). The van der Waals surface area contributed by atoms with Crippen LogP contribution in [0.1, 0.15) is 25.3 Å². The molecule has 16 heavy (non-hydrogen) atoms. The van der Waals surface area contributed by atoms with E-state index in [2.05, 4.69) is 21.2 Å². The first-order valence-electron chi connectivity index (χ1n) is 5.37. The first-order valence-corrected chi connectivity index (χ1v) is 6.16. The van der Waals surface area contributed by atoms with Crippen molar-refractivity contribution in [2.24, 2.45) is 5.73 Å². The Kier molecular flexibility index (Phi) is 4.96. The van der Waals surface area contributed by atoms with Crippen molar-refractivity contribution >= 4 is 27.5 Å². The lowest BCUT2D eigenvalue weighted by atomic mass is 10.1. The Hall–Kier alpha value is -0.870. The minimum absolute atomic E-state index is 0.122. The number of halogens is 1. The molecule has 4 heteroatoms. The van der Waals surface area contributed by atoms with Crippen molar-refractivity contribution in [1.29, 1.82) is 0 Å². The molecule has 3 N–H and O–H groups in total. The molecule has 0 radical (unpaired) electrons. The molecule has 0 unspecified atom stereocenters. The van der Waals surface area contributed by atoms with Crippen molar-refractivity contribution < 1.29 is 4.79 Å². The van der Waals surface area contributed by atoms with Crippen LogP contribution in [-0.4, -0.2) is 11.9 Å². The van der Waals surface area contributed by atoms with Crippen LogP contribution in [-0.2, 0) is 4.79 Å². The van der Waals surface area contributed by atoms with Gasteiger partial charge in [0.2, 0.25) is 5.91 Å². The Morgan fingerprint density at radius 3 is 2.81 bits per heavy atom. The van der Waals surface area contributed by atoms with Gasteiger partial charge >= 0.3 is 0 Å². The van der Waals surface area contributed by atoms with Crippen LogP contribution in [0.2, 0.25) is 0 Å². The Bertz CT molecular complexity index is 379. The highest BCUT2D eigenvalue weighted by Gasteiger charge is 2.12. The summed E-state index contributed by atoms with van der Waals surface area (Å²) >= 11 is 3.41. The van der Waals surface area contributed by atoms with Crippen LogP contribution >= 0.6 is 15.9 Å². The molecule has 0 aromatic heterocycles. The minimum atomic E-state index is -0.422. The number of hydrogen-bond donors (Lipinski definition) is 2. The highest BCUT2D eigenvalue weighted by Crippen LogP contribution is 2.20. The number of nitrogens with two attached hydrogens (primary N) is 1. The van der Waals surface area contributed by atoms with Crippen LogP contribution in [0.4, 0.5) is 5.69 Å². The van der Waals surface area contributed by atoms with Crippen molar-refractivity contribution in [3.8, 4) is 0 Å². The van der Waals surface area contributed by atoms with Gasteiger partial charge in [-0.1, -0.05) is 29.3 Å². The fraction of sp³-hybridized carbons (Fsp3) is 0.417. The second-order valence-corrected chi connectivity index (χ2v) is 4.70. The minimum Gasteiger partial charge on any atom is -0.325 e. The number of anilines is 1. The zero-order chi connectivity index (χ0) is 12.1. The number of aryl methyl sites for hydroxylation is 1. The van der Waals surface area contributed by atoms with Gasteiger partial charge in [0.05, 0.1) is 6.04 Å². The smallest absolute Gasteiger partial charge is 0.241 e. The van der Waals surface area contributed by atoms with Crippen LogP contribution in [0, 0.1) is 6.92 Å². The lowest BCUT2D eigenvalue weighted by molar-refractivity contribution is -0.117. The Balaban J connectivity index is 2.66. The third-order valence-electron chi connectivity index (χ3n) is 2.36. The summed E-state index contributed by atoms with van der Waals surface area (Å²) in [6.07, 6.45) is 1.62. The highest BCUT2D eigenvalue weighted by atomic mass is 79.9. The first-order chi connectivity index (χ1) is 7.54. The van der Waals surface area contributed by atoms with Crippen molar-refractivity contribution in [3.63, 3.8) is 0 Å². The van der Waals surface area contributed by atoms with Crippen LogP contribution in [0.5, 0.6) is 0 Å². The van der Waals surface area contributed by atoms with E-state index in [0.29, 0.717) is 6.42 Å². The highest BCUT2D eigenvalue weighted by molar-refractivity contribution is 9.10. The zero-order valence-corrected chi connectivity index (χ0v) is 11.2. The molecule has 0 fully saturated rings. The standard InChI is InChI=1S/C12H17BrN2O/c1-3-4-11(14)12(16)15-9-5-6-10(13)8(2)7-9/h5-7,11H,3-4,14H2,1-2H3,(H,15,16)/t11-/m0/s1. The quantitative estimate of drug-likeness (QED) is 0.893. The van der Waals surface area contributed by atoms with Gasteiger partial charge in [-0.05, 0) is 37.1 Å². The summed E-state index contributed by atoms with van der Waals surface area (Å²) in [7, 11) is 0. The topological polar surface area (TPSA) is 55.1 Å². The third kappa shape index (κ3) is 3.61. The van der Waals surface area contributed by atoms with E-state index >= 15 is 0 Å². The summed E-state index contributed by atoms with van der Waals surface area (Å²) in [5.74, 6) is -0.122. The summed E-state index contributed by atoms with van der Waals surface area (Å²) in [4.78, 5) is 11.7. The van der Waals surface area contributed by atoms with E-state index in [1.807, 2.05) is 32.0 Å². The fourth-order valence-corrected chi connectivity index (χ4v) is 1.65. The lowest BCUT2D eigenvalue weighted by Crippen LogP contribution is -2.35. The first kappa shape index (κ1) is 13.2. The van der Waals surface area contributed by atoms with E-state index in [4.69, 9.17) is 5.73 Å². The van der Waals surface area contributed by atoms with Crippen LogP contribution in [0.15, 0.2) is 22.7 Å². The Morgan fingerprint density at radius 2 is 2.25 bits per heavy atom. The second kappa shape index (κ2) is 6.01. The molecule has 3 nitrogen and oxygen atoms in total. The van der Waals surface area contributed by atoms with Crippen LogP contribution < -0.4 is 11.1 Å². The van der Waals surface area contributed by atoms with Crippen molar-refractivity contribution in [3.05, 3.63) is 28.2 Å². The van der Waals surface area contributed by atoms with Gasteiger partial charge in [0, 0.05) is 10.2 Å². The average Bonchev–Trinajstić information content (AvgIpc) is 2.24. The maximum absolute atomic E-state index is 11.7. The Labute approximate surface area is 105 Å². The number of benzene rings is 1. The predicted octanol–water partition coefficient (Wildman–Crippen LogP) is 2.82. The van der Waals surface area contributed by atoms with Gasteiger partial charge in [-0.15, -0.1) is 0 Å². The van der Waals surface area contributed by atoms with Crippen molar-refractivity contribution in [2.75, 3.05) is 5.32 Å². The molecule has 1 amide bonds. The number of rotatable bonds is 4. The van der Waals surface area contributed by atoms with Gasteiger partial charge in [0.25, 0.3) is 0 Å². The number of carbonyl (C=O) groups excluding carboxylic acids is 1. The van der Waals surface area contributed by atoms with Gasteiger partial charge < -0.3 is 11.1 Å². The van der Waals surface area contributed by atoms with Gasteiger partial charge in [0.1, 0.15) is 0 Å². The summed E-state index contributed by atoms with van der Waals surface area (Å²) < 4.78 is 1.03. The average molecular weight is 285 g/mol. The van der Waals surface area contributed by atoms with E-state index in [-0.39, 0.29) is 5.91 Å². The molecule has 88 valence electrons. The van der Waals surface area contributed by atoms with Crippen LogP contribution in [0.3, 0.4) is 0 Å². The second-order valence-electron chi connectivity index (χ2n) is 3.85. The molecular weight excluding hydrogens is 268 g/mol. The van der Waals surface area contributed by atoms with Gasteiger partial charge in [0.15, 0.2) is 0 Å². The maximum Gasteiger partial charge on any atom is 0.241 e. The molecule has 0 aliphatic carbocycles. The van der Waals surface area contributed by atoms with E-state index < -0.39 is 6.04 Å². The van der Waals surface area contributed by atoms with Crippen molar-refractivity contribution in [1.82, 2.24) is 0 Å². The molecular formula is C12H17BrN2O. The summed E-state index contributed by atoms with van der Waals surface area (Å²) in [5, 5.41) is 2.81. The lowest BCUT2D eigenvalue weighted by Gasteiger charge is -2.11. The molecule has 0 heterocycles. The van der Waals surface area contributed by atoms with Gasteiger partial charge in [-0.2, -0.15) is 0 Å². The largest absolute Gasteiger partial charge is 0.325 e. The molecule has 1 aromatic carbocycles. The van der Waals surface area contributed by atoms with E-state index in [0.717, 1.165) is 22.1 Å². The molecule has 0 saturated carbocycles. The van der Waals surface area contributed by atoms with Crippen molar-refractivity contribution in [2.45, 2.75) is 32.7 Å².